The summed E-state index contributed by atoms with van der Waals surface area (Å²) in [7, 11) is 0. The quantitative estimate of drug-likeness (QED) is 0.257. The van der Waals surface area contributed by atoms with Crippen molar-refractivity contribution in [2.45, 2.75) is 92.5 Å². The number of ether oxygens (including phenoxy) is 3. The fourth-order valence-corrected chi connectivity index (χ4v) is 4.97. The molecule has 34 heavy (non-hydrogen) atoms. The van der Waals surface area contributed by atoms with Gasteiger partial charge in [-0.25, -0.2) is 0 Å². The average molecular weight is 497 g/mol. The molecule has 0 atom stereocenters. The maximum atomic E-state index is 12.1. The zero-order valence-electron chi connectivity index (χ0n) is 22.7. The van der Waals surface area contributed by atoms with Crippen LogP contribution in [-0.4, -0.2) is 53.6 Å². The van der Waals surface area contributed by atoms with Crippen LogP contribution in [-0.2, 0) is 25.6 Å². The molecule has 1 aromatic carbocycles. The van der Waals surface area contributed by atoms with Gasteiger partial charge < -0.3 is 19.3 Å². The zero-order valence-corrected chi connectivity index (χ0v) is 23.6. The van der Waals surface area contributed by atoms with Gasteiger partial charge in [0, 0.05) is 6.61 Å². The highest BCUT2D eigenvalue weighted by Crippen LogP contribution is 2.37. The molecule has 0 bridgehead atoms. The van der Waals surface area contributed by atoms with Crippen LogP contribution < -0.4 is 0 Å². The molecule has 0 spiro atoms. The standard InChI is InChI=1S/C28H48O5S/c1-25(2,21-33-28(7,8)15-17-32-27(5,6)14-16-29)20-26(3,4)22-34-19-24(30)31-18-23-12-10-9-11-13-23/h9-13,29H,14-22H2,1-8H3. The van der Waals surface area contributed by atoms with Gasteiger partial charge in [0.1, 0.15) is 6.61 Å². The molecule has 0 aliphatic heterocycles. The number of benzene rings is 1. The maximum Gasteiger partial charge on any atom is 0.316 e. The minimum atomic E-state index is -0.320. The summed E-state index contributed by atoms with van der Waals surface area (Å²) in [5.41, 5.74) is 0.477. The monoisotopic (exact) mass is 496 g/mol. The van der Waals surface area contributed by atoms with Crippen LogP contribution in [0.15, 0.2) is 30.3 Å². The first-order valence-electron chi connectivity index (χ1n) is 12.3. The van der Waals surface area contributed by atoms with Crippen molar-refractivity contribution >= 4 is 17.7 Å². The molecule has 0 aliphatic carbocycles. The molecule has 0 radical (unpaired) electrons. The molecule has 0 heterocycles. The Bertz CT molecular complexity index is 713. The lowest BCUT2D eigenvalue weighted by Gasteiger charge is -2.37. The van der Waals surface area contributed by atoms with E-state index >= 15 is 0 Å². The first-order valence-corrected chi connectivity index (χ1v) is 13.5. The van der Waals surface area contributed by atoms with Gasteiger partial charge in [-0.15, -0.1) is 11.8 Å². The third-order valence-electron chi connectivity index (χ3n) is 5.68. The molecule has 196 valence electrons. The van der Waals surface area contributed by atoms with Gasteiger partial charge in [0.05, 0.1) is 30.2 Å². The molecule has 0 saturated heterocycles. The largest absolute Gasteiger partial charge is 0.460 e. The van der Waals surface area contributed by atoms with Crippen molar-refractivity contribution in [1.82, 2.24) is 0 Å². The smallest absolute Gasteiger partial charge is 0.316 e. The van der Waals surface area contributed by atoms with Crippen molar-refractivity contribution in [2.24, 2.45) is 10.8 Å². The molecule has 0 fully saturated rings. The van der Waals surface area contributed by atoms with Crippen LogP contribution >= 0.6 is 11.8 Å². The molecule has 6 heteroatoms. The lowest BCUT2D eigenvalue weighted by atomic mass is 9.76. The van der Waals surface area contributed by atoms with Crippen LogP contribution in [0, 0.1) is 10.8 Å². The van der Waals surface area contributed by atoms with Crippen molar-refractivity contribution < 1.29 is 24.1 Å². The molecule has 0 amide bonds. The van der Waals surface area contributed by atoms with Gasteiger partial charge in [-0.05, 0) is 69.1 Å². The SMILES string of the molecule is CC(C)(COC(C)(C)CCOC(C)(C)CCO)CC(C)(C)CSCC(=O)OCc1ccccc1. The normalized spacial score (nSPS) is 13.2. The number of hydrogen-bond donors (Lipinski definition) is 1. The number of esters is 1. The Morgan fingerprint density at radius 3 is 2.12 bits per heavy atom. The second-order valence-electron chi connectivity index (χ2n) is 12.0. The molecule has 0 aromatic heterocycles. The van der Waals surface area contributed by atoms with Crippen molar-refractivity contribution in [2.75, 3.05) is 31.3 Å². The first-order chi connectivity index (χ1) is 15.7. The van der Waals surface area contributed by atoms with Crippen molar-refractivity contribution in [3.63, 3.8) is 0 Å². The van der Waals surface area contributed by atoms with Crippen molar-refractivity contribution in [3.8, 4) is 0 Å². The van der Waals surface area contributed by atoms with E-state index in [1.54, 1.807) is 11.8 Å². The van der Waals surface area contributed by atoms with E-state index in [-0.39, 0.29) is 34.6 Å². The molecule has 1 aromatic rings. The Kier molecular flexibility index (Phi) is 12.6. The number of aliphatic hydroxyl groups excluding tert-OH is 1. The van der Waals surface area contributed by atoms with Crippen LogP contribution in [0.3, 0.4) is 0 Å². The fourth-order valence-electron chi connectivity index (χ4n) is 3.97. The third kappa shape index (κ3) is 14.3. The highest BCUT2D eigenvalue weighted by atomic mass is 32.2. The maximum absolute atomic E-state index is 12.1. The fraction of sp³-hybridized carbons (Fsp3) is 0.750. The van der Waals surface area contributed by atoms with E-state index in [9.17, 15) is 4.79 Å². The summed E-state index contributed by atoms with van der Waals surface area (Å²) in [6, 6.07) is 9.76. The van der Waals surface area contributed by atoms with Crippen LogP contribution in [0.5, 0.6) is 0 Å². The number of hydrogen-bond acceptors (Lipinski definition) is 6. The second kappa shape index (κ2) is 13.9. The summed E-state index contributed by atoms with van der Waals surface area (Å²) >= 11 is 1.64. The number of rotatable bonds is 17. The van der Waals surface area contributed by atoms with Crippen molar-refractivity contribution in [3.05, 3.63) is 35.9 Å². The van der Waals surface area contributed by atoms with E-state index in [1.807, 2.05) is 44.2 Å². The number of aliphatic hydroxyl groups is 1. The second-order valence-corrected chi connectivity index (χ2v) is 13.0. The van der Waals surface area contributed by atoms with Crippen LogP contribution in [0.1, 0.15) is 80.2 Å². The van der Waals surface area contributed by atoms with Crippen LogP contribution in [0.25, 0.3) is 0 Å². The molecule has 0 unspecified atom stereocenters. The summed E-state index contributed by atoms with van der Waals surface area (Å²) in [5.74, 6) is 1.08. The van der Waals surface area contributed by atoms with E-state index in [0.717, 1.165) is 24.2 Å². The Labute approximate surface area is 212 Å². The van der Waals surface area contributed by atoms with E-state index in [2.05, 4.69) is 41.5 Å². The topological polar surface area (TPSA) is 65.0 Å². The molecular weight excluding hydrogens is 448 g/mol. The predicted octanol–water partition coefficient (Wildman–Crippen LogP) is 6.27. The van der Waals surface area contributed by atoms with Gasteiger partial charge in [-0.1, -0.05) is 58.0 Å². The molecular formula is C28H48O5S. The summed E-state index contributed by atoms with van der Waals surface area (Å²) in [6.07, 6.45) is 2.41. The minimum Gasteiger partial charge on any atom is -0.460 e. The minimum absolute atomic E-state index is 0.00612. The van der Waals surface area contributed by atoms with E-state index in [0.29, 0.717) is 32.0 Å². The van der Waals surface area contributed by atoms with Gasteiger partial charge in [-0.2, -0.15) is 0 Å². The van der Waals surface area contributed by atoms with Gasteiger partial charge in [0.25, 0.3) is 0 Å². The molecule has 1 N–H and O–H groups in total. The first kappa shape index (κ1) is 31.0. The predicted molar refractivity (Wildman–Crippen MR) is 142 cm³/mol. The van der Waals surface area contributed by atoms with Crippen molar-refractivity contribution in [1.29, 1.82) is 0 Å². The summed E-state index contributed by atoms with van der Waals surface area (Å²) in [5, 5.41) is 9.15. The molecule has 0 saturated carbocycles. The molecule has 5 nitrogen and oxygen atoms in total. The van der Waals surface area contributed by atoms with E-state index < -0.39 is 0 Å². The Hall–Kier alpha value is -1.08. The van der Waals surface area contributed by atoms with Gasteiger partial charge in [0.2, 0.25) is 0 Å². The zero-order chi connectivity index (χ0) is 25.9. The molecule has 1 rings (SSSR count). The Balaban J connectivity index is 2.36. The van der Waals surface area contributed by atoms with Crippen LogP contribution in [0.2, 0.25) is 0 Å². The lowest BCUT2D eigenvalue weighted by Crippen LogP contribution is -2.36. The highest BCUT2D eigenvalue weighted by molar-refractivity contribution is 7.99. The molecule has 0 aliphatic rings. The third-order valence-corrected chi connectivity index (χ3v) is 7.10. The summed E-state index contributed by atoms with van der Waals surface area (Å²) < 4.78 is 17.6. The Morgan fingerprint density at radius 2 is 1.50 bits per heavy atom. The number of carbonyl (C=O) groups excluding carboxylic acids is 1. The summed E-state index contributed by atoms with van der Waals surface area (Å²) in [4.78, 5) is 12.1. The lowest BCUT2D eigenvalue weighted by molar-refractivity contribution is -0.141. The van der Waals surface area contributed by atoms with Gasteiger partial charge >= 0.3 is 5.97 Å². The highest BCUT2D eigenvalue weighted by Gasteiger charge is 2.32. The van der Waals surface area contributed by atoms with E-state index in [4.69, 9.17) is 19.3 Å². The number of thioether (sulfide) groups is 1. The Morgan fingerprint density at radius 1 is 0.882 bits per heavy atom. The summed E-state index contributed by atoms with van der Waals surface area (Å²) in [6.45, 7) is 18.9. The van der Waals surface area contributed by atoms with Gasteiger partial charge in [0.15, 0.2) is 0 Å². The van der Waals surface area contributed by atoms with Gasteiger partial charge in [-0.3, -0.25) is 4.79 Å². The average Bonchev–Trinajstić information content (AvgIpc) is 2.70. The van der Waals surface area contributed by atoms with Crippen LogP contribution in [0.4, 0.5) is 0 Å². The van der Waals surface area contributed by atoms with E-state index in [1.165, 1.54) is 0 Å². The number of carbonyl (C=O) groups is 1.